The lowest BCUT2D eigenvalue weighted by molar-refractivity contribution is -0.124. The quantitative estimate of drug-likeness (QED) is 0.771. The van der Waals surface area contributed by atoms with Crippen LogP contribution >= 0.6 is 15.9 Å². The van der Waals surface area contributed by atoms with E-state index in [2.05, 4.69) is 89.4 Å². The summed E-state index contributed by atoms with van der Waals surface area (Å²) in [4.78, 5) is 14.8. The van der Waals surface area contributed by atoms with E-state index in [9.17, 15) is 4.79 Å². The number of anilines is 1. The number of rotatable bonds is 2. The number of nitrogens with one attached hydrogen (secondary N) is 1. The highest BCUT2D eigenvalue weighted by atomic mass is 79.9. The van der Waals surface area contributed by atoms with Crippen LogP contribution in [0.1, 0.15) is 37.0 Å². The zero-order valence-electron chi connectivity index (χ0n) is 15.3. The van der Waals surface area contributed by atoms with Gasteiger partial charge in [0.1, 0.15) is 5.66 Å². The second kappa shape index (κ2) is 5.98. The summed E-state index contributed by atoms with van der Waals surface area (Å²) in [5, 5.41) is 3.32. The van der Waals surface area contributed by atoms with Crippen molar-refractivity contribution in [2.45, 2.75) is 38.3 Å². The summed E-state index contributed by atoms with van der Waals surface area (Å²) in [6, 6.07) is 14.8. The highest BCUT2D eigenvalue weighted by molar-refractivity contribution is 9.10. The van der Waals surface area contributed by atoms with Crippen molar-refractivity contribution in [3.05, 3.63) is 69.7 Å². The van der Waals surface area contributed by atoms with Crippen LogP contribution in [0.15, 0.2) is 53.0 Å². The molecule has 4 rings (SSSR count). The van der Waals surface area contributed by atoms with Crippen LogP contribution in [-0.2, 0) is 10.2 Å². The van der Waals surface area contributed by atoms with Gasteiger partial charge >= 0.3 is 0 Å². The van der Waals surface area contributed by atoms with Crippen LogP contribution in [0, 0.1) is 6.92 Å². The van der Waals surface area contributed by atoms with Gasteiger partial charge in [0.2, 0.25) is 5.91 Å². The molecule has 4 heteroatoms. The second-order valence-corrected chi connectivity index (χ2v) is 8.67. The average Bonchev–Trinajstić information content (AvgIpc) is 2.78. The molecule has 0 aromatic heterocycles. The highest BCUT2D eigenvalue weighted by Crippen LogP contribution is 2.52. The van der Waals surface area contributed by atoms with Gasteiger partial charge in [0.05, 0.1) is 0 Å². The van der Waals surface area contributed by atoms with E-state index in [0.29, 0.717) is 6.42 Å². The number of amides is 1. The second-order valence-electron chi connectivity index (χ2n) is 7.75. The molecule has 2 aromatic rings. The van der Waals surface area contributed by atoms with Crippen molar-refractivity contribution >= 4 is 33.6 Å². The van der Waals surface area contributed by atoms with Gasteiger partial charge in [0, 0.05) is 28.5 Å². The average molecular weight is 411 g/mol. The molecular weight excluding hydrogens is 388 g/mol. The molecule has 1 amide bonds. The Balaban J connectivity index is 1.86. The van der Waals surface area contributed by atoms with Gasteiger partial charge < -0.3 is 10.2 Å². The summed E-state index contributed by atoms with van der Waals surface area (Å²) in [6.45, 7) is 7.30. The summed E-state index contributed by atoms with van der Waals surface area (Å²) in [5.74, 6) is 0.109. The highest BCUT2D eigenvalue weighted by Gasteiger charge is 2.57. The number of hydrogen-bond donors (Lipinski definition) is 1. The maximum atomic E-state index is 12.4. The maximum Gasteiger partial charge on any atom is 0.223 e. The Hall–Kier alpha value is -2.07. The SMILES string of the molecule is Cc1ccc2c(c1)C(C)(C)[C@]1(C=Cc3cccc(Br)c3)NC(=O)CCN21. The van der Waals surface area contributed by atoms with Gasteiger partial charge in [-0.3, -0.25) is 4.79 Å². The Bertz CT molecular complexity index is 918. The van der Waals surface area contributed by atoms with E-state index in [1.807, 2.05) is 12.1 Å². The van der Waals surface area contributed by atoms with Crippen molar-refractivity contribution in [3.63, 3.8) is 0 Å². The molecule has 2 aliphatic rings. The lowest BCUT2D eigenvalue weighted by atomic mass is 9.74. The van der Waals surface area contributed by atoms with E-state index in [1.54, 1.807) is 0 Å². The lowest BCUT2D eigenvalue weighted by Crippen LogP contribution is -2.68. The molecule has 2 heterocycles. The van der Waals surface area contributed by atoms with Crippen molar-refractivity contribution < 1.29 is 4.79 Å². The molecule has 2 aromatic carbocycles. The summed E-state index contributed by atoms with van der Waals surface area (Å²) in [7, 11) is 0. The first-order valence-corrected chi connectivity index (χ1v) is 9.77. The molecule has 1 saturated heterocycles. The Kier molecular flexibility index (Phi) is 3.99. The number of fused-ring (bicyclic) bond motifs is 3. The minimum absolute atomic E-state index is 0.109. The number of aryl methyl sites for hydroxylation is 1. The first-order valence-electron chi connectivity index (χ1n) is 8.98. The maximum absolute atomic E-state index is 12.4. The Morgan fingerprint density at radius 3 is 2.77 bits per heavy atom. The van der Waals surface area contributed by atoms with Gasteiger partial charge in [-0.2, -0.15) is 0 Å². The van der Waals surface area contributed by atoms with Crippen LogP contribution in [0.5, 0.6) is 0 Å². The fourth-order valence-electron chi connectivity index (χ4n) is 4.29. The normalized spacial score (nSPS) is 23.7. The first-order chi connectivity index (χ1) is 12.3. The third-order valence-electron chi connectivity index (χ3n) is 5.75. The fraction of sp³-hybridized carbons (Fsp3) is 0.318. The molecule has 0 aliphatic carbocycles. The van der Waals surface area contributed by atoms with Crippen LogP contribution < -0.4 is 10.2 Å². The van der Waals surface area contributed by atoms with Crippen LogP contribution in [0.3, 0.4) is 0 Å². The smallest absolute Gasteiger partial charge is 0.223 e. The molecule has 0 bridgehead atoms. The van der Waals surface area contributed by atoms with E-state index >= 15 is 0 Å². The molecule has 1 N–H and O–H groups in total. The minimum atomic E-state index is -0.555. The topological polar surface area (TPSA) is 32.3 Å². The summed E-state index contributed by atoms with van der Waals surface area (Å²) < 4.78 is 1.05. The molecule has 0 spiro atoms. The van der Waals surface area contributed by atoms with E-state index in [-0.39, 0.29) is 11.3 Å². The standard InChI is InChI=1S/C22H23BrN2O/c1-15-7-8-19-18(13-15)21(2,3)22(24-20(26)10-12-25(19)22)11-9-16-5-4-6-17(23)14-16/h4-9,11,13-14H,10,12H2,1-3H3,(H,24,26)/t22-/m1/s1. The zero-order valence-corrected chi connectivity index (χ0v) is 16.9. The molecule has 0 unspecified atom stereocenters. The molecule has 1 atom stereocenters. The lowest BCUT2D eigenvalue weighted by Gasteiger charge is -2.49. The van der Waals surface area contributed by atoms with Crippen molar-refractivity contribution in [1.29, 1.82) is 0 Å². The van der Waals surface area contributed by atoms with Crippen LogP contribution in [0.2, 0.25) is 0 Å². The molecule has 0 saturated carbocycles. The molecule has 0 radical (unpaired) electrons. The Morgan fingerprint density at radius 1 is 1.19 bits per heavy atom. The van der Waals surface area contributed by atoms with Gasteiger partial charge in [-0.15, -0.1) is 0 Å². The van der Waals surface area contributed by atoms with Crippen LogP contribution in [0.4, 0.5) is 5.69 Å². The van der Waals surface area contributed by atoms with Gasteiger partial charge in [-0.1, -0.05) is 65.7 Å². The van der Waals surface area contributed by atoms with E-state index in [4.69, 9.17) is 0 Å². The zero-order chi connectivity index (χ0) is 18.5. The van der Waals surface area contributed by atoms with E-state index in [0.717, 1.165) is 16.6 Å². The molecule has 2 aliphatic heterocycles. The minimum Gasteiger partial charge on any atom is -0.344 e. The van der Waals surface area contributed by atoms with Crippen molar-refractivity contribution in [1.82, 2.24) is 5.32 Å². The number of nitrogens with zero attached hydrogens (tertiary/aromatic N) is 1. The summed E-state index contributed by atoms with van der Waals surface area (Å²) in [6.07, 6.45) is 4.81. The largest absolute Gasteiger partial charge is 0.344 e. The van der Waals surface area contributed by atoms with Gasteiger partial charge in [-0.05, 0) is 42.3 Å². The van der Waals surface area contributed by atoms with Gasteiger partial charge in [0.15, 0.2) is 0 Å². The first kappa shape index (κ1) is 17.3. The molecule has 1 fully saturated rings. The number of hydrogen-bond acceptors (Lipinski definition) is 2. The van der Waals surface area contributed by atoms with Crippen LogP contribution in [-0.4, -0.2) is 18.1 Å². The van der Waals surface area contributed by atoms with E-state index in [1.165, 1.54) is 16.8 Å². The number of carbonyl (C=O) groups is 1. The monoisotopic (exact) mass is 410 g/mol. The number of benzene rings is 2. The number of carbonyl (C=O) groups excluding carboxylic acids is 1. The van der Waals surface area contributed by atoms with E-state index < -0.39 is 5.66 Å². The molecular formula is C22H23BrN2O. The predicted octanol–water partition coefficient (Wildman–Crippen LogP) is 4.78. The molecule has 134 valence electrons. The third kappa shape index (κ3) is 2.50. The van der Waals surface area contributed by atoms with Gasteiger partial charge in [-0.25, -0.2) is 0 Å². The Morgan fingerprint density at radius 2 is 2.00 bits per heavy atom. The van der Waals surface area contributed by atoms with Crippen LogP contribution in [0.25, 0.3) is 6.08 Å². The summed E-state index contributed by atoms with van der Waals surface area (Å²) in [5.41, 5.74) is 4.07. The Labute approximate surface area is 163 Å². The van der Waals surface area contributed by atoms with Crippen molar-refractivity contribution in [2.24, 2.45) is 0 Å². The van der Waals surface area contributed by atoms with Crippen molar-refractivity contribution in [3.8, 4) is 0 Å². The van der Waals surface area contributed by atoms with Crippen molar-refractivity contribution in [2.75, 3.05) is 11.4 Å². The molecule has 3 nitrogen and oxygen atoms in total. The van der Waals surface area contributed by atoms with Gasteiger partial charge in [0.25, 0.3) is 0 Å². The fourth-order valence-corrected chi connectivity index (χ4v) is 4.71. The predicted molar refractivity (Wildman–Crippen MR) is 110 cm³/mol. The summed E-state index contributed by atoms with van der Waals surface area (Å²) >= 11 is 3.53. The molecule has 26 heavy (non-hydrogen) atoms. The third-order valence-corrected chi connectivity index (χ3v) is 6.25. The number of halogens is 1.